The van der Waals surface area contributed by atoms with Gasteiger partial charge in [0, 0.05) is 21.7 Å². The Bertz CT molecular complexity index is 584. The first-order chi connectivity index (χ1) is 8.76. The molecule has 0 saturated carbocycles. The van der Waals surface area contributed by atoms with Gasteiger partial charge in [-0.1, -0.05) is 0 Å². The van der Waals surface area contributed by atoms with Gasteiger partial charge in [-0.15, -0.1) is 11.3 Å². The maximum Gasteiger partial charge on any atom is 0.330 e. The van der Waals surface area contributed by atoms with Crippen LogP contribution in [0.2, 0.25) is 0 Å². The molecule has 0 atom stereocenters. The molecule has 2 rings (SSSR count). The zero-order chi connectivity index (χ0) is 13.0. The van der Waals surface area contributed by atoms with E-state index in [4.69, 9.17) is 9.47 Å². The van der Waals surface area contributed by atoms with Gasteiger partial charge < -0.3 is 9.47 Å². The van der Waals surface area contributed by atoms with Gasteiger partial charge in [0.2, 0.25) is 0 Å². The summed E-state index contributed by atoms with van der Waals surface area (Å²) in [6.07, 6.45) is 3.13. The van der Waals surface area contributed by atoms with Crippen LogP contribution in [0, 0.1) is 0 Å². The fraction of sp³-hybridized carbons (Fsp3) is 0.214. The fourth-order valence-electron chi connectivity index (χ4n) is 1.74. The minimum absolute atomic E-state index is 0.343. The molecule has 4 heteroatoms. The lowest BCUT2D eigenvalue weighted by molar-refractivity contribution is -0.137. The third-order valence-corrected chi connectivity index (χ3v) is 3.39. The first kappa shape index (κ1) is 12.6. The van der Waals surface area contributed by atoms with Crippen molar-refractivity contribution in [2.24, 2.45) is 0 Å². The third-order valence-electron chi connectivity index (χ3n) is 2.51. The topological polar surface area (TPSA) is 35.5 Å². The van der Waals surface area contributed by atoms with Crippen LogP contribution in [0.4, 0.5) is 0 Å². The fourth-order valence-corrected chi connectivity index (χ4v) is 2.53. The molecule has 1 aromatic carbocycles. The molecule has 0 spiro atoms. The Morgan fingerprint density at radius 1 is 1.39 bits per heavy atom. The van der Waals surface area contributed by atoms with Gasteiger partial charge in [-0.3, -0.25) is 0 Å². The molecule has 0 amide bonds. The molecule has 2 aromatic rings. The highest BCUT2D eigenvalue weighted by Gasteiger charge is 2.07. The number of methoxy groups -OCH3 is 1. The van der Waals surface area contributed by atoms with Crippen LogP contribution in [-0.2, 0) is 9.53 Å². The molecule has 0 aliphatic rings. The second-order valence-corrected chi connectivity index (χ2v) is 4.55. The van der Waals surface area contributed by atoms with E-state index >= 15 is 0 Å². The van der Waals surface area contributed by atoms with E-state index in [0.717, 1.165) is 16.7 Å². The Labute approximate surface area is 110 Å². The first-order valence-electron chi connectivity index (χ1n) is 5.65. The zero-order valence-electron chi connectivity index (χ0n) is 10.3. The average molecular weight is 262 g/mol. The second-order valence-electron chi connectivity index (χ2n) is 3.61. The number of hydrogen-bond donors (Lipinski definition) is 0. The summed E-state index contributed by atoms with van der Waals surface area (Å²) >= 11 is 1.66. The number of carbonyl (C=O) groups excluding carboxylic acids is 1. The molecule has 0 saturated heterocycles. The predicted octanol–water partition coefficient (Wildman–Crippen LogP) is 3.49. The van der Waals surface area contributed by atoms with Gasteiger partial charge in [-0.05, 0) is 36.6 Å². The molecule has 0 unspecified atom stereocenters. The van der Waals surface area contributed by atoms with Crippen molar-refractivity contribution in [2.45, 2.75) is 6.92 Å². The molecular weight excluding hydrogens is 248 g/mol. The number of thiophene rings is 1. The zero-order valence-corrected chi connectivity index (χ0v) is 11.1. The number of esters is 1. The summed E-state index contributed by atoms with van der Waals surface area (Å²) in [4.78, 5) is 11.3. The van der Waals surface area contributed by atoms with Gasteiger partial charge in [0.25, 0.3) is 0 Å². The molecule has 0 aliphatic heterocycles. The van der Waals surface area contributed by atoms with Crippen LogP contribution in [0.25, 0.3) is 16.2 Å². The van der Waals surface area contributed by atoms with Crippen LogP contribution in [0.15, 0.2) is 29.7 Å². The van der Waals surface area contributed by atoms with Crippen LogP contribution in [0.1, 0.15) is 12.5 Å². The van der Waals surface area contributed by atoms with Crippen molar-refractivity contribution in [3.05, 3.63) is 35.2 Å². The Morgan fingerprint density at radius 2 is 2.22 bits per heavy atom. The van der Waals surface area contributed by atoms with E-state index in [0.29, 0.717) is 6.61 Å². The van der Waals surface area contributed by atoms with Crippen molar-refractivity contribution in [1.29, 1.82) is 0 Å². The van der Waals surface area contributed by atoms with E-state index in [2.05, 4.69) is 0 Å². The summed E-state index contributed by atoms with van der Waals surface area (Å²) in [7, 11) is 1.63. The van der Waals surface area contributed by atoms with Gasteiger partial charge >= 0.3 is 5.97 Å². The second kappa shape index (κ2) is 5.69. The highest BCUT2D eigenvalue weighted by Crippen LogP contribution is 2.33. The smallest absolute Gasteiger partial charge is 0.330 e. The number of fused-ring (bicyclic) bond motifs is 1. The summed E-state index contributed by atoms with van der Waals surface area (Å²) in [5.74, 6) is 0.444. The summed E-state index contributed by atoms with van der Waals surface area (Å²) in [5, 5.41) is 3.08. The van der Waals surface area contributed by atoms with Gasteiger partial charge in [-0.2, -0.15) is 0 Å². The largest absolute Gasteiger partial charge is 0.495 e. The predicted molar refractivity (Wildman–Crippen MR) is 74.0 cm³/mol. The molecule has 3 nitrogen and oxygen atoms in total. The van der Waals surface area contributed by atoms with Gasteiger partial charge in [0.1, 0.15) is 5.75 Å². The Balaban J connectivity index is 2.35. The van der Waals surface area contributed by atoms with Gasteiger partial charge in [0.05, 0.1) is 13.7 Å². The highest BCUT2D eigenvalue weighted by molar-refractivity contribution is 7.17. The molecule has 0 aliphatic carbocycles. The quantitative estimate of drug-likeness (QED) is 0.625. The van der Waals surface area contributed by atoms with Crippen molar-refractivity contribution in [2.75, 3.05) is 13.7 Å². The number of hydrogen-bond acceptors (Lipinski definition) is 4. The number of rotatable bonds is 4. The lowest BCUT2D eigenvalue weighted by Crippen LogP contribution is -1.98. The Kier molecular flexibility index (Phi) is 3.99. The van der Waals surface area contributed by atoms with Crippen molar-refractivity contribution in [3.8, 4) is 5.75 Å². The van der Waals surface area contributed by atoms with E-state index in [-0.39, 0.29) is 5.97 Å². The lowest BCUT2D eigenvalue weighted by Gasteiger charge is -2.06. The van der Waals surface area contributed by atoms with E-state index in [1.54, 1.807) is 31.4 Å². The SMILES string of the molecule is CCOC(=O)C=Cc1ccc2sccc2c1OC. The monoisotopic (exact) mass is 262 g/mol. The summed E-state index contributed by atoms with van der Waals surface area (Å²) in [5.41, 5.74) is 0.872. The van der Waals surface area contributed by atoms with E-state index in [1.165, 1.54) is 10.8 Å². The van der Waals surface area contributed by atoms with E-state index in [1.807, 2.05) is 23.6 Å². The van der Waals surface area contributed by atoms with Crippen molar-refractivity contribution < 1.29 is 14.3 Å². The lowest BCUT2D eigenvalue weighted by atomic mass is 10.1. The summed E-state index contributed by atoms with van der Waals surface area (Å²) in [6, 6.07) is 5.97. The van der Waals surface area contributed by atoms with Crippen LogP contribution in [-0.4, -0.2) is 19.7 Å². The van der Waals surface area contributed by atoms with Crippen LogP contribution in [0.5, 0.6) is 5.75 Å². The van der Waals surface area contributed by atoms with Crippen LogP contribution in [0.3, 0.4) is 0 Å². The van der Waals surface area contributed by atoms with Gasteiger partial charge in [0.15, 0.2) is 0 Å². The normalized spacial score (nSPS) is 11.0. The van der Waals surface area contributed by atoms with Crippen molar-refractivity contribution in [3.63, 3.8) is 0 Å². The standard InChI is InChI=1S/C14H14O3S/c1-3-17-13(15)7-5-10-4-6-12-11(8-9-18-12)14(10)16-2/h4-9H,3H2,1-2H3. The van der Waals surface area contributed by atoms with Gasteiger partial charge in [-0.25, -0.2) is 4.79 Å². The Morgan fingerprint density at radius 3 is 2.94 bits per heavy atom. The van der Waals surface area contributed by atoms with E-state index < -0.39 is 0 Å². The summed E-state index contributed by atoms with van der Waals surface area (Å²) in [6.45, 7) is 2.16. The summed E-state index contributed by atoms with van der Waals surface area (Å²) < 4.78 is 11.4. The molecule has 94 valence electrons. The molecule has 18 heavy (non-hydrogen) atoms. The van der Waals surface area contributed by atoms with Crippen LogP contribution < -0.4 is 4.74 Å². The average Bonchev–Trinajstić information content (AvgIpc) is 2.84. The highest BCUT2D eigenvalue weighted by atomic mass is 32.1. The molecular formula is C14H14O3S. The molecule has 0 fully saturated rings. The number of carbonyl (C=O) groups is 1. The maximum atomic E-state index is 11.3. The molecule has 1 heterocycles. The molecule has 1 aromatic heterocycles. The number of ether oxygens (including phenoxy) is 2. The van der Waals surface area contributed by atoms with Crippen LogP contribution >= 0.6 is 11.3 Å². The minimum atomic E-state index is -0.343. The Hall–Kier alpha value is -1.81. The van der Waals surface area contributed by atoms with Crippen molar-refractivity contribution >= 4 is 33.5 Å². The van der Waals surface area contributed by atoms with E-state index in [9.17, 15) is 4.79 Å². The molecule has 0 bridgehead atoms. The third kappa shape index (κ3) is 2.54. The first-order valence-corrected chi connectivity index (χ1v) is 6.53. The minimum Gasteiger partial charge on any atom is -0.495 e. The van der Waals surface area contributed by atoms with Crippen molar-refractivity contribution in [1.82, 2.24) is 0 Å². The molecule has 0 radical (unpaired) electrons. The maximum absolute atomic E-state index is 11.3. The number of benzene rings is 1. The molecule has 0 N–H and O–H groups in total.